The Labute approximate surface area is 108 Å². The van der Waals surface area contributed by atoms with E-state index in [4.69, 9.17) is 0 Å². The van der Waals surface area contributed by atoms with Crippen LogP contribution in [0.1, 0.15) is 0 Å². The van der Waals surface area contributed by atoms with E-state index in [2.05, 4.69) is 0 Å². The first kappa shape index (κ1) is 13.7. The van der Waals surface area contributed by atoms with Gasteiger partial charge in [0.15, 0.2) is 0 Å². The topological polar surface area (TPSA) is 115 Å². The van der Waals surface area contributed by atoms with Crippen LogP contribution in [0.15, 0.2) is 36.4 Å². The van der Waals surface area contributed by atoms with Gasteiger partial charge in [-0.3, -0.25) is 0 Å². The molecule has 2 aromatic rings. The molecule has 0 atom stereocenters. The van der Waals surface area contributed by atoms with Crippen molar-refractivity contribution in [1.29, 1.82) is 0 Å². The van der Waals surface area contributed by atoms with Crippen LogP contribution in [-0.2, 0) is 7.48 Å². The molecule has 0 radical (unpaired) electrons. The summed E-state index contributed by atoms with van der Waals surface area (Å²) in [6.45, 7) is 0. The van der Waals surface area contributed by atoms with Gasteiger partial charge in [0.2, 0.25) is 0 Å². The van der Waals surface area contributed by atoms with Gasteiger partial charge in [-0.05, 0) is 0 Å². The average molecular weight is 376 g/mol. The monoisotopic (exact) mass is 376 g/mol. The van der Waals surface area contributed by atoms with E-state index < -0.39 is 28.3 Å². The molecule has 0 bridgehead atoms. The molecule has 8 heteroatoms. The predicted molar refractivity (Wildman–Crippen MR) is 65.0 cm³/mol. The summed E-state index contributed by atoms with van der Waals surface area (Å²) in [7, 11) is 0. The molecule has 0 fully saturated rings. The molecule has 2 aromatic carbocycles. The Balaban J connectivity index is 2.91. The van der Waals surface area contributed by atoms with Gasteiger partial charge < -0.3 is 0 Å². The van der Waals surface area contributed by atoms with Crippen LogP contribution in [0.5, 0.6) is 0 Å². The maximum absolute atomic E-state index is 11.4. The molecule has 96 valence electrons. The SMILES string of the molecule is O=[As](O)(O)c1cccc2c([As](=O)(O)O)cccc12. The summed E-state index contributed by atoms with van der Waals surface area (Å²) in [5.41, 5.74) is 0. The van der Waals surface area contributed by atoms with Crippen molar-refractivity contribution in [2.24, 2.45) is 0 Å². The zero-order chi connectivity index (χ0) is 13.6. The summed E-state index contributed by atoms with van der Waals surface area (Å²) in [6, 6.07) is 8.21. The van der Waals surface area contributed by atoms with Gasteiger partial charge >= 0.3 is 108 Å². The first-order valence-corrected chi connectivity index (χ1v) is 11.6. The van der Waals surface area contributed by atoms with Gasteiger partial charge in [-0.15, -0.1) is 0 Å². The fraction of sp³-hybridized carbons (Fsp3) is 0. The third-order valence-corrected chi connectivity index (χ3v) is 6.77. The number of rotatable bonds is 2. The van der Waals surface area contributed by atoms with Gasteiger partial charge in [-0.2, -0.15) is 0 Å². The summed E-state index contributed by atoms with van der Waals surface area (Å²) in [4.78, 5) is 0. The normalized spacial score (nSPS) is 12.9. The Hall–Kier alpha value is -0.743. The zero-order valence-electron chi connectivity index (χ0n) is 8.96. The van der Waals surface area contributed by atoms with Gasteiger partial charge in [-0.1, -0.05) is 0 Å². The van der Waals surface area contributed by atoms with Crippen molar-refractivity contribution in [3.8, 4) is 0 Å². The third-order valence-electron chi connectivity index (χ3n) is 2.50. The summed E-state index contributed by atoms with van der Waals surface area (Å²) < 4.78 is 59.5. The summed E-state index contributed by atoms with van der Waals surface area (Å²) in [5, 5.41) is 0.375. The van der Waals surface area contributed by atoms with Crippen molar-refractivity contribution in [3.63, 3.8) is 0 Å². The second-order valence-corrected chi connectivity index (χ2v) is 10.3. The van der Waals surface area contributed by atoms with E-state index >= 15 is 0 Å². The second kappa shape index (κ2) is 4.42. The van der Waals surface area contributed by atoms with E-state index in [9.17, 15) is 23.9 Å². The summed E-state index contributed by atoms with van der Waals surface area (Å²) in [6.07, 6.45) is 0. The van der Waals surface area contributed by atoms with Crippen LogP contribution in [0.3, 0.4) is 0 Å². The molecule has 0 aliphatic rings. The van der Waals surface area contributed by atoms with E-state index in [0.29, 0.717) is 0 Å². The molecule has 0 aliphatic carbocycles. The Bertz CT molecular complexity index is 637. The molecule has 0 unspecified atom stereocenters. The number of hydrogen-bond donors (Lipinski definition) is 4. The Morgan fingerprint density at radius 1 is 0.667 bits per heavy atom. The van der Waals surface area contributed by atoms with Crippen molar-refractivity contribution in [2.75, 3.05) is 0 Å². The van der Waals surface area contributed by atoms with E-state index in [1.807, 2.05) is 0 Å². The standard InChI is InChI=1S/C10H10As2O6/c13-11(14,15)9-5-1-3-7-8(9)4-2-6-10(7)12(16,17)18/h1-6H,(H2,13,14,15)(H2,16,17,18). The Morgan fingerprint density at radius 2 is 1.00 bits per heavy atom. The average Bonchev–Trinajstić information content (AvgIpc) is 2.24. The van der Waals surface area contributed by atoms with E-state index in [1.54, 1.807) is 0 Å². The quantitative estimate of drug-likeness (QED) is 0.450. The molecule has 0 amide bonds. The molecule has 0 aromatic heterocycles. The van der Waals surface area contributed by atoms with Gasteiger partial charge in [0, 0.05) is 0 Å². The maximum atomic E-state index is 11.4. The van der Waals surface area contributed by atoms with E-state index in [0.717, 1.165) is 0 Å². The van der Waals surface area contributed by atoms with Crippen molar-refractivity contribution in [2.45, 2.75) is 0 Å². The van der Waals surface area contributed by atoms with Crippen LogP contribution in [0.4, 0.5) is 0 Å². The summed E-state index contributed by atoms with van der Waals surface area (Å²) in [5.74, 6) is 0. The van der Waals surface area contributed by atoms with Gasteiger partial charge in [0.25, 0.3) is 0 Å². The van der Waals surface area contributed by atoms with E-state index in [1.165, 1.54) is 36.4 Å². The van der Waals surface area contributed by atoms with Crippen LogP contribution in [0.2, 0.25) is 0 Å². The van der Waals surface area contributed by atoms with Gasteiger partial charge in [0.05, 0.1) is 0 Å². The number of hydrogen-bond acceptors (Lipinski definition) is 2. The predicted octanol–water partition coefficient (Wildman–Crippen LogP) is -2.04. The molecule has 0 heterocycles. The van der Waals surface area contributed by atoms with Crippen LogP contribution in [0.25, 0.3) is 10.8 Å². The minimum absolute atomic E-state index is 0.170. The molecule has 6 nitrogen and oxygen atoms in total. The minimum atomic E-state index is -5.13. The zero-order valence-corrected chi connectivity index (χ0v) is 12.7. The molecule has 18 heavy (non-hydrogen) atoms. The molecule has 0 saturated heterocycles. The molecule has 0 saturated carbocycles. The van der Waals surface area contributed by atoms with Crippen LogP contribution in [0, 0.1) is 0 Å². The fourth-order valence-electron chi connectivity index (χ4n) is 1.78. The number of fused-ring (bicyclic) bond motifs is 1. The molecule has 0 spiro atoms. The van der Waals surface area contributed by atoms with Crippen LogP contribution >= 0.6 is 0 Å². The first-order valence-electron chi connectivity index (χ1n) is 4.85. The summed E-state index contributed by atoms with van der Waals surface area (Å²) >= 11 is -10.3. The van der Waals surface area contributed by atoms with Crippen LogP contribution < -0.4 is 8.70 Å². The van der Waals surface area contributed by atoms with Crippen molar-refractivity contribution < 1.29 is 23.9 Å². The van der Waals surface area contributed by atoms with Crippen molar-refractivity contribution in [3.05, 3.63) is 36.4 Å². The van der Waals surface area contributed by atoms with Gasteiger partial charge in [-0.25, -0.2) is 0 Å². The molecular weight excluding hydrogens is 366 g/mol. The third kappa shape index (κ3) is 2.49. The molecular formula is C10H10As2O6. The Kier molecular flexibility index (Phi) is 3.36. The van der Waals surface area contributed by atoms with Crippen LogP contribution in [-0.4, -0.2) is 44.7 Å². The molecule has 4 N–H and O–H groups in total. The number of benzene rings is 2. The van der Waals surface area contributed by atoms with Crippen molar-refractivity contribution in [1.82, 2.24) is 0 Å². The second-order valence-electron chi connectivity index (χ2n) is 3.74. The Morgan fingerprint density at radius 3 is 1.28 bits per heavy atom. The van der Waals surface area contributed by atoms with E-state index in [-0.39, 0.29) is 19.5 Å². The fourth-order valence-corrected chi connectivity index (χ4v) is 5.10. The molecule has 2 rings (SSSR count). The molecule has 0 aliphatic heterocycles. The van der Waals surface area contributed by atoms with Gasteiger partial charge in [0.1, 0.15) is 0 Å². The van der Waals surface area contributed by atoms with Crippen molar-refractivity contribution >= 4 is 47.8 Å². The first-order chi connectivity index (χ1) is 8.21.